The lowest BCUT2D eigenvalue weighted by Crippen LogP contribution is -2.46. The third kappa shape index (κ3) is 4.46. The van der Waals surface area contributed by atoms with Crippen LogP contribution in [0.1, 0.15) is 22.3 Å². The second-order valence-electron chi connectivity index (χ2n) is 6.28. The molecule has 5 nitrogen and oxygen atoms in total. The highest BCUT2D eigenvalue weighted by molar-refractivity contribution is 7.08. The van der Waals surface area contributed by atoms with Gasteiger partial charge in [0, 0.05) is 31.6 Å². The maximum atomic E-state index is 12.7. The van der Waals surface area contributed by atoms with Crippen LogP contribution in [0.5, 0.6) is 0 Å². The highest BCUT2D eigenvalue weighted by atomic mass is 32.1. The number of amides is 2. The van der Waals surface area contributed by atoms with E-state index in [0.29, 0.717) is 32.6 Å². The highest BCUT2D eigenvalue weighted by Crippen LogP contribution is 2.13. The van der Waals surface area contributed by atoms with Crippen molar-refractivity contribution in [3.63, 3.8) is 0 Å². The van der Waals surface area contributed by atoms with Crippen LogP contribution >= 0.6 is 11.3 Å². The summed E-state index contributed by atoms with van der Waals surface area (Å²) in [7, 11) is 0. The van der Waals surface area contributed by atoms with E-state index in [1.165, 1.54) is 11.3 Å². The van der Waals surface area contributed by atoms with Crippen molar-refractivity contribution in [1.82, 2.24) is 9.80 Å². The van der Waals surface area contributed by atoms with Gasteiger partial charge in [-0.05, 0) is 29.9 Å². The van der Waals surface area contributed by atoms with Crippen molar-refractivity contribution >= 4 is 23.2 Å². The van der Waals surface area contributed by atoms with Crippen molar-refractivity contribution in [2.24, 2.45) is 5.73 Å². The molecule has 0 spiro atoms. The van der Waals surface area contributed by atoms with Gasteiger partial charge in [0.2, 0.25) is 5.91 Å². The minimum Gasteiger partial charge on any atom is -0.339 e. The molecular formula is C19H23N3O2S. The van der Waals surface area contributed by atoms with Crippen molar-refractivity contribution in [2.75, 3.05) is 26.2 Å². The summed E-state index contributed by atoms with van der Waals surface area (Å²) < 4.78 is 0. The van der Waals surface area contributed by atoms with Crippen molar-refractivity contribution < 1.29 is 9.59 Å². The van der Waals surface area contributed by atoms with Gasteiger partial charge in [-0.1, -0.05) is 30.3 Å². The molecule has 0 aliphatic carbocycles. The van der Waals surface area contributed by atoms with E-state index in [9.17, 15) is 9.59 Å². The van der Waals surface area contributed by atoms with Crippen molar-refractivity contribution in [3.8, 4) is 0 Å². The number of carbonyl (C=O) groups is 2. The first-order chi connectivity index (χ1) is 12.1. The lowest BCUT2D eigenvalue weighted by Gasteiger charge is -2.24. The Labute approximate surface area is 152 Å². The predicted octanol–water partition coefficient (Wildman–Crippen LogP) is 1.99. The third-order valence-electron chi connectivity index (χ3n) is 4.48. The summed E-state index contributed by atoms with van der Waals surface area (Å²) in [5.41, 5.74) is 7.92. The van der Waals surface area contributed by atoms with Gasteiger partial charge in [-0.15, -0.1) is 0 Å². The van der Waals surface area contributed by atoms with Crippen molar-refractivity contribution in [1.29, 1.82) is 0 Å². The SMILES string of the molecule is N[C@@H](Cc1ccccc1)C(=O)N1CCCN(C(=O)c2ccsc2)CC1. The van der Waals surface area contributed by atoms with Gasteiger partial charge in [0.1, 0.15) is 0 Å². The Bertz CT molecular complexity index is 703. The van der Waals surface area contributed by atoms with Gasteiger partial charge < -0.3 is 15.5 Å². The van der Waals surface area contributed by atoms with Crippen LogP contribution in [-0.4, -0.2) is 53.8 Å². The lowest BCUT2D eigenvalue weighted by atomic mass is 10.1. The first-order valence-corrected chi connectivity index (χ1v) is 9.49. The van der Waals surface area contributed by atoms with Crippen LogP contribution in [-0.2, 0) is 11.2 Å². The maximum absolute atomic E-state index is 12.7. The molecule has 1 aliphatic rings. The number of nitrogens with zero attached hydrogens (tertiary/aromatic N) is 2. The molecule has 2 heterocycles. The molecule has 1 aromatic heterocycles. The van der Waals surface area contributed by atoms with E-state index in [-0.39, 0.29) is 11.8 Å². The van der Waals surface area contributed by atoms with Gasteiger partial charge in [-0.2, -0.15) is 11.3 Å². The molecule has 2 amide bonds. The zero-order valence-corrected chi connectivity index (χ0v) is 15.0. The molecule has 2 aromatic rings. The Hall–Kier alpha value is -2.18. The van der Waals surface area contributed by atoms with E-state index in [2.05, 4.69) is 0 Å². The summed E-state index contributed by atoms with van der Waals surface area (Å²) in [4.78, 5) is 28.8. The number of hydrogen-bond donors (Lipinski definition) is 1. The van der Waals surface area contributed by atoms with Crippen LogP contribution in [0.4, 0.5) is 0 Å². The molecule has 1 fully saturated rings. The number of nitrogens with two attached hydrogens (primary N) is 1. The largest absolute Gasteiger partial charge is 0.339 e. The topological polar surface area (TPSA) is 66.6 Å². The number of hydrogen-bond acceptors (Lipinski definition) is 4. The Morgan fingerprint density at radius 1 is 1.04 bits per heavy atom. The molecule has 1 aliphatic heterocycles. The maximum Gasteiger partial charge on any atom is 0.254 e. The van der Waals surface area contributed by atoms with Crippen LogP contribution < -0.4 is 5.73 Å². The summed E-state index contributed by atoms with van der Waals surface area (Å²) in [5, 5.41) is 3.77. The van der Waals surface area contributed by atoms with E-state index in [4.69, 9.17) is 5.73 Å². The summed E-state index contributed by atoms with van der Waals surface area (Å²) >= 11 is 1.52. The normalized spacial score (nSPS) is 16.4. The zero-order valence-electron chi connectivity index (χ0n) is 14.1. The molecule has 6 heteroatoms. The van der Waals surface area contributed by atoms with Crippen LogP contribution in [0, 0.1) is 0 Å². The number of rotatable bonds is 4. The molecule has 3 rings (SSSR count). The first kappa shape index (κ1) is 17.6. The number of benzene rings is 1. The molecule has 0 saturated carbocycles. The van der Waals surface area contributed by atoms with Gasteiger partial charge in [0.05, 0.1) is 11.6 Å². The fourth-order valence-corrected chi connectivity index (χ4v) is 3.73. The second kappa shape index (κ2) is 8.27. The van der Waals surface area contributed by atoms with Crippen LogP contribution in [0.3, 0.4) is 0 Å². The molecule has 0 radical (unpaired) electrons. The van der Waals surface area contributed by atoms with E-state index >= 15 is 0 Å². The minimum atomic E-state index is -0.540. The lowest BCUT2D eigenvalue weighted by molar-refractivity contribution is -0.132. The van der Waals surface area contributed by atoms with Gasteiger partial charge in [-0.25, -0.2) is 0 Å². The van der Waals surface area contributed by atoms with E-state index < -0.39 is 6.04 Å². The van der Waals surface area contributed by atoms with Gasteiger partial charge in [0.15, 0.2) is 0 Å². The minimum absolute atomic E-state index is 0.0336. The average Bonchev–Trinajstić information content (AvgIpc) is 3.06. The molecule has 132 valence electrons. The van der Waals surface area contributed by atoms with Crippen LogP contribution in [0.25, 0.3) is 0 Å². The van der Waals surface area contributed by atoms with E-state index in [0.717, 1.165) is 17.5 Å². The second-order valence-corrected chi connectivity index (χ2v) is 7.06. The van der Waals surface area contributed by atoms with Gasteiger partial charge in [0.25, 0.3) is 5.91 Å². The van der Waals surface area contributed by atoms with Crippen LogP contribution in [0.15, 0.2) is 47.2 Å². The monoisotopic (exact) mass is 357 g/mol. The Kier molecular flexibility index (Phi) is 5.83. The van der Waals surface area contributed by atoms with Crippen molar-refractivity contribution in [2.45, 2.75) is 18.9 Å². The third-order valence-corrected chi connectivity index (χ3v) is 5.16. The molecular weight excluding hydrogens is 334 g/mol. The number of thiophene rings is 1. The molecule has 25 heavy (non-hydrogen) atoms. The molecule has 1 aromatic carbocycles. The Balaban J connectivity index is 1.57. The summed E-state index contributed by atoms with van der Waals surface area (Å²) in [6, 6.07) is 11.1. The zero-order chi connectivity index (χ0) is 17.6. The Morgan fingerprint density at radius 2 is 1.76 bits per heavy atom. The summed E-state index contributed by atoms with van der Waals surface area (Å²) in [6.07, 6.45) is 1.31. The highest BCUT2D eigenvalue weighted by Gasteiger charge is 2.26. The molecule has 0 bridgehead atoms. The van der Waals surface area contributed by atoms with E-state index in [1.54, 1.807) is 4.90 Å². The number of carbonyl (C=O) groups excluding carboxylic acids is 2. The molecule has 2 N–H and O–H groups in total. The van der Waals surface area contributed by atoms with Gasteiger partial charge in [-0.3, -0.25) is 9.59 Å². The fourth-order valence-electron chi connectivity index (χ4n) is 3.10. The first-order valence-electron chi connectivity index (χ1n) is 8.55. The van der Waals surface area contributed by atoms with Crippen molar-refractivity contribution in [3.05, 3.63) is 58.3 Å². The average molecular weight is 357 g/mol. The molecule has 1 saturated heterocycles. The fraction of sp³-hybridized carbons (Fsp3) is 0.368. The molecule has 0 unspecified atom stereocenters. The van der Waals surface area contributed by atoms with Gasteiger partial charge >= 0.3 is 0 Å². The summed E-state index contributed by atoms with van der Waals surface area (Å²) in [6.45, 7) is 2.41. The standard InChI is InChI=1S/C19H23N3O2S/c20-17(13-15-5-2-1-3-6-15)19(24)22-9-4-8-21(10-11-22)18(23)16-7-12-25-14-16/h1-3,5-7,12,14,17H,4,8-11,13,20H2/t17-/m0/s1. The van der Waals surface area contributed by atoms with Crippen LogP contribution in [0.2, 0.25) is 0 Å². The predicted molar refractivity (Wildman–Crippen MR) is 99.5 cm³/mol. The van der Waals surface area contributed by atoms with E-state index in [1.807, 2.05) is 52.1 Å². The Morgan fingerprint density at radius 3 is 2.48 bits per heavy atom. The summed E-state index contributed by atoms with van der Waals surface area (Å²) in [5.74, 6) is 0.0119. The smallest absolute Gasteiger partial charge is 0.254 e. The quantitative estimate of drug-likeness (QED) is 0.910. The molecule has 1 atom stereocenters.